The van der Waals surface area contributed by atoms with E-state index >= 15 is 0 Å². The van der Waals surface area contributed by atoms with Gasteiger partial charge in [0, 0.05) is 29.4 Å². The summed E-state index contributed by atoms with van der Waals surface area (Å²) < 4.78 is 70.0. The van der Waals surface area contributed by atoms with E-state index in [1.165, 1.54) is 11.7 Å². The van der Waals surface area contributed by atoms with Gasteiger partial charge in [-0.25, -0.2) is 4.68 Å². The molecule has 1 aromatic carbocycles. The maximum absolute atomic E-state index is 14.2. The molecule has 0 saturated heterocycles. The molecular formula is C21H18ClF5N4. The van der Waals surface area contributed by atoms with Gasteiger partial charge in [-0.05, 0) is 60.8 Å². The van der Waals surface area contributed by atoms with Gasteiger partial charge in [0.25, 0.3) is 0 Å². The zero-order valence-corrected chi connectivity index (χ0v) is 17.2. The monoisotopic (exact) mass is 456 g/mol. The minimum Gasteiger partial charge on any atom is -0.250 e. The van der Waals surface area contributed by atoms with Crippen molar-refractivity contribution in [1.82, 2.24) is 19.6 Å². The molecule has 5 rings (SSSR count). The van der Waals surface area contributed by atoms with E-state index in [0.717, 1.165) is 28.7 Å². The highest BCUT2D eigenvalue weighted by molar-refractivity contribution is 6.31. The fourth-order valence-corrected chi connectivity index (χ4v) is 4.21. The van der Waals surface area contributed by atoms with Crippen molar-refractivity contribution >= 4 is 11.6 Å². The Labute approximate surface area is 179 Å². The highest BCUT2D eigenvalue weighted by Crippen LogP contribution is 2.52. The molecule has 0 spiro atoms. The number of hydrogen-bond donors (Lipinski definition) is 0. The van der Waals surface area contributed by atoms with Crippen molar-refractivity contribution in [3.8, 4) is 16.9 Å². The maximum Gasteiger partial charge on any atom is 0.459 e. The number of rotatable bonds is 5. The summed E-state index contributed by atoms with van der Waals surface area (Å²) in [6.07, 6.45) is 0.700. The quantitative estimate of drug-likeness (QED) is 0.420. The third kappa shape index (κ3) is 3.43. The first kappa shape index (κ1) is 20.5. The zero-order valence-electron chi connectivity index (χ0n) is 16.4. The first-order valence-corrected chi connectivity index (χ1v) is 10.3. The summed E-state index contributed by atoms with van der Waals surface area (Å²) in [5.74, 6) is -4.86. The van der Waals surface area contributed by atoms with Crippen molar-refractivity contribution in [1.29, 1.82) is 0 Å². The van der Waals surface area contributed by atoms with E-state index in [4.69, 9.17) is 11.6 Å². The van der Waals surface area contributed by atoms with Gasteiger partial charge in [0.05, 0.1) is 6.20 Å². The third-order valence-electron chi connectivity index (χ3n) is 5.84. The molecule has 0 N–H and O–H groups in total. The van der Waals surface area contributed by atoms with E-state index in [1.807, 2.05) is 18.2 Å². The van der Waals surface area contributed by atoms with Crippen LogP contribution in [-0.4, -0.2) is 25.7 Å². The number of halogens is 6. The summed E-state index contributed by atoms with van der Waals surface area (Å²) in [6.45, 7) is 0. The lowest BCUT2D eigenvalue weighted by Crippen LogP contribution is -2.35. The SMILES string of the molecule is Cn1nc(C(F)(F)C(F)(F)F)c(C2CC2)c1-n1cc(-c2ccc(Cl)c(C3CC3)c2)cn1. The standard InChI is InChI=1S/C21H18ClF5N4/c1-30-19(17(12-4-5-12)18(29-30)20(23,24)21(25,26)27)31-10-14(9-28-31)13-6-7-16(22)15(8-13)11-2-3-11/h6-12H,2-5H2,1H3. The Balaban J connectivity index is 1.58. The fraction of sp³-hybridized carbons (Fsp3) is 0.429. The van der Waals surface area contributed by atoms with Crippen LogP contribution >= 0.6 is 11.6 Å². The van der Waals surface area contributed by atoms with Gasteiger partial charge in [0.15, 0.2) is 5.82 Å². The molecule has 2 aliphatic rings. The van der Waals surface area contributed by atoms with E-state index in [0.29, 0.717) is 29.3 Å². The molecule has 2 fully saturated rings. The Kier molecular flexibility index (Phi) is 4.48. The summed E-state index contributed by atoms with van der Waals surface area (Å²) in [4.78, 5) is 0. The normalized spacial score (nSPS) is 17.4. The first-order valence-electron chi connectivity index (χ1n) is 9.94. The predicted molar refractivity (Wildman–Crippen MR) is 105 cm³/mol. The van der Waals surface area contributed by atoms with Crippen molar-refractivity contribution in [2.75, 3.05) is 0 Å². The fourth-order valence-electron chi connectivity index (χ4n) is 3.94. The number of aromatic nitrogens is 4. The summed E-state index contributed by atoms with van der Waals surface area (Å²) in [6, 6.07) is 5.63. The molecule has 0 atom stereocenters. The van der Waals surface area contributed by atoms with Gasteiger partial charge < -0.3 is 0 Å². The summed E-state index contributed by atoms with van der Waals surface area (Å²) in [7, 11) is 1.35. The molecule has 31 heavy (non-hydrogen) atoms. The van der Waals surface area contributed by atoms with Crippen LogP contribution in [0.25, 0.3) is 16.9 Å². The molecule has 10 heteroatoms. The minimum absolute atomic E-state index is 0.0887. The highest BCUT2D eigenvalue weighted by atomic mass is 35.5. The topological polar surface area (TPSA) is 35.6 Å². The van der Waals surface area contributed by atoms with Crippen LogP contribution in [-0.2, 0) is 13.0 Å². The van der Waals surface area contributed by atoms with Gasteiger partial charge in [-0.15, -0.1) is 0 Å². The molecule has 4 nitrogen and oxygen atoms in total. The third-order valence-corrected chi connectivity index (χ3v) is 6.18. The van der Waals surface area contributed by atoms with E-state index in [2.05, 4.69) is 10.2 Å². The summed E-state index contributed by atoms with van der Waals surface area (Å²) in [5, 5.41) is 8.55. The molecule has 164 valence electrons. The Bertz CT molecular complexity index is 1160. The van der Waals surface area contributed by atoms with Gasteiger partial charge in [-0.2, -0.15) is 32.1 Å². The van der Waals surface area contributed by atoms with E-state index in [-0.39, 0.29) is 11.4 Å². The lowest BCUT2D eigenvalue weighted by atomic mass is 10.0. The lowest BCUT2D eigenvalue weighted by molar-refractivity contribution is -0.291. The Morgan fingerprint density at radius 3 is 2.29 bits per heavy atom. The molecule has 2 aliphatic carbocycles. The van der Waals surface area contributed by atoms with E-state index < -0.39 is 23.7 Å². The number of benzene rings is 1. The van der Waals surface area contributed by atoms with Crippen LogP contribution in [0.3, 0.4) is 0 Å². The molecule has 2 heterocycles. The van der Waals surface area contributed by atoms with Crippen LogP contribution in [0.2, 0.25) is 5.02 Å². The van der Waals surface area contributed by atoms with Crippen LogP contribution in [0.5, 0.6) is 0 Å². The lowest BCUT2D eigenvalue weighted by Gasteiger charge is -2.18. The van der Waals surface area contributed by atoms with Crippen LogP contribution in [0.1, 0.15) is 54.3 Å². The van der Waals surface area contributed by atoms with Crippen molar-refractivity contribution in [3.63, 3.8) is 0 Å². The van der Waals surface area contributed by atoms with Gasteiger partial charge in [-0.1, -0.05) is 17.7 Å². The van der Waals surface area contributed by atoms with Gasteiger partial charge >= 0.3 is 12.1 Å². The molecule has 0 aliphatic heterocycles. The second-order valence-corrected chi connectivity index (χ2v) is 8.65. The molecular weight excluding hydrogens is 439 g/mol. The summed E-state index contributed by atoms with van der Waals surface area (Å²) >= 11 is 6.29. The van der Waals surface area contributed by atoms with Crippen molar-refractivity contribution in [2.45, 2.75) is 49.6 Å². The van der Waals surface area contributed by atoms with Gasteiger partial charge in [0.1, 0.15) is 5.69 Å². The average Bonchev–Trinajstić information content (AvgIpc) is 3.62. The molecule has 3 aromatic rings. The zero-order chi connectivity index (χ0) is 22.1. The molecule has 0 bridgehead atoms. The summed E-state index contributed by atoms with van der Waals surface area (Å²) in [5.41, 5.74) is 1.30. The second kappa shape index (κ2) is 6.79. The molecule has 0 unspecified atom stereocenters. The number of aryl methyl sites for hydroxylation is 1. The number of hydrogen-bond acceptors (Lipinski definition) is 2. The largest absolute Gasteiger partial charge is 0.459 e. The van der Waals surface area contributed by atoms with Gasteiger partial charge in [0.2, 0.25) is 0 Å². The van der Waals surface area contributed by atoms with E-state index in [1.54, 1.807) is 12.4 Å². The average molecular weight is 457 g/mol. The van der Waals surface area contributed by atoms with Crippen molar-refractivity contribution in [3.05, 3.63) is 52.4 Å². The van der Waals surface area contributed by atoms with Crippen LogP contribution in [0, 0.1) is 0 Å². The predicted octanol–water partition coefficient (Wildman–Crippen LogP) is 6.34. The van der Waals surface area contributed by atoms with Crippen LogP contribution in [0.15, 0.2) is 30.6 Å². The maximum atomic E-state index is 14.2. The van der Waals surface area contributed by atoms with Gasteiger partial charge in [-0.3, -0.25) is 4.68 Å². The molecule has 0 radical (unpaired) electrons. The molecule has 2 aromatic heterocycles. The Morgan fingerprint density at radius 1 is 1.00 bits per heavy atom. The highest BCUT2D eigenvalue weighted by Gasteiger charge is 2.62. The minimum atomic E-state index is -5.72. The Morgan fingerprint density at radius 2 is 1.68 bits per heavy atom. The molecule has 2 saturated carbocycles. The molecule has 0 amide bonds. The van der Waals surface area contributed by atoms with E-state index in [9.17, 15) is 22.0 Å². The first-order chi connectivity index (χ1) is 14.6. The number of nitrogens with zero attached hydrogens (tertiary/aromatic N) is 4. The Hall–Kier alpha value is -2.42. The number of alkyl halides is 5. The van der Waals surface area contributed by atoms with Crippen LogP contribution < -0.4 is 0 Å². The van der Waals surface area contributed by atoms with Crippen molar-refractivity contribution < 1.29 is 22.0 Å². The smallest absolute Gasteiger partial charge is 0.250 e. The second-order valence-electron chi connectivity index (χ2n) is 8.24. The van der Waals surface area contributed by atoms with Crippen LogP contribution in [0.4, 0.5) is 22.0 Å². The van der Waals surface area contributed by atoms with Crippen molar-refractivity contribution in [2.24, 2.45) is 7.05 Å².